The lowest BCUT2D eigenvalue weighted by Crippen LogP contribution is -3.34. The van der Waals surface area contributed by atoms with Crippen molar-refractivity contribution in [1.29, 1.82) is 0 Å². The standard InChI is InChI=1S/2C13H17F3O7S.C13H19S.C11H16I.C2H2.H2/c2*1-10(2)11(3)4-5-12(10,23-8(11)17)9(18)22-6-7(14)13(15,16)24(19,20)21;1-11(2)12-5-7-13(8-6-12)14-9-3-4-10-14;1-4-11(2,3)9-5-7-10(12)8-6-9;1-2;/h2*7H,4-6H2,1-3H3,(H,19,20,21);5-8,11H,3-4,9-10H2,1-2H3;5-8,12H,4H2,1-3H3;1-2H;1H/q;;2*+1;;/p-2. The lowest BCUT2D eigenvalue weighted by Gasteiger charge is -2.34. The quantitative estimate of drug-likeness (QED) is 0.0394. The van der Waals surface area contributed by atoms with Crippen LogP contribution in [0.4, 0.5) is 26.3 Å². The summed E-state index contributed by atoms with van der Waals surface area (Å²) in [6.45, 7) is 17.5. The van der Waals surface area contributed by atoms with E-state index in [0.29, 0.717) is 22.2 Å². The largest absolute Gasteiger partial charge is 0.743 e. The van der Waals surface area contributed by atoms with Crippen LogP contribution in [0.15, 0.2) is 53.4 Å². The molecule has 3 saturated heterocycles. The Morgan fingerprint density at radius 3 is 1.34 bits per heavy atom. The molecule has 0 radical (unpaired) electrons. The molecule has 430 valence electrons. The molecule has 6 atom stereocenters. The van der Waals surface area contributed by atoms with Gasteiger partial charge in [0.1, 0.15) is 24.7 Å². The van der Waals surface area contributed by atoms with Crippen molar-refractivity contribution in [2.24, 2.45) is 21.7 Å². The molecule has 3 heterocycles. The number of esters is 4. The zero-order valence-corrected chi connectivity index (χ0v) is 49.2. The van der Waals surface area contributed by atoms with Gasteiger partial charge in [-0.1, -0.05) is 86.6 Å². The van der Waals surface area contributed by atoms with Gasteiger partial charge in [0, 0.05) is 23.2 Å². The van der Waals surface area contributed by atoms with Crippen molar-refractivity contribution in [2.45, 2.75) is 171 Å². The molecule has 2 saturated carbocycles. The van der Waals surface area contributed by atoms with Gasteiger partial charge in [0.05, 0.1) is 10.8 Å². The average Bonchev–Trinajstić information content (AvgIpc) is 4.07. The Morgan fingerprint density at radius 2 is 1.07 bits per heavy atom. The minimum absolute atomic E-state index is 0. The molecule has 76 heavy (non-hydrogen) atoms. The van der Waals surface area contributed by atoms with Gasteiger partial charge in [0.2, 0.25) is 23.5 Å². The van der Waals surface area contributed by atoms with Crippen LogP contribution < -0.4 is 22.6 Å². The summed E-state index contributed by atoms with van der Waals surface area (Å²) in [7, 11) is -11.9. The van der Waals surface area contributed by atoms with Gasteiger partial charge in [-0.15, -0.1) is 12.8 Å². The van der Waals surface area contributed by atoms with Gasteiger partial charge in [0.15, 0.2) is 28.7 Å². The first-order valence-electron chi connectivity index (χ1n) is 24.2. The van der Waals surface area contributed by atoms with Crippen molar-refractivity contribution in [3.8, 4) is 12.8 Å². The van der Waals surface area contributed by atoms with Crippen LogP contribution in [0.25, 0.3) is 0 Å². The van der Waals surface area contributed by atoms with Crippen molar-refractivity contribution >= 4 is 55.0 Å². The van der Waals surface area contributed by atoms with E-state index in [1.165, 1.54) is 45.5 Å². The zero-order chi connectivity index (χ0) is 58.7. The number of carbonyl (C=O) groups is 4. The number of alkyl halides is 6. The average molecular weight is 1260 g/mol. The number of hydrogen-bond acceptors (Lipinski definition) is 14. The Morgan fingerprint density at radius 1 is 0.711 bits per heavy atom. The highest BCUT2D eigenvalue weighted by Gasteiger charge is 2.78. The molecule has 5 fully saturated rings. The number of benzene rings is 2. The summed E-state index contributed by atoms with van der Waals surface area (Å²) in [6, 6.07) is 18.2. The van der Waals surface area contributed by atoms with Crippen LogP contribution in [0.3, 0.4) is 0 Å². The predicted molar refractivity (Wildman–Crippen MR) is 268 cm³/mol. The fourth-order valence-electron chi connectivity index (χ4n) is 9.49. The van der Waals surface area contributed by atoms with Crippen LogP contribution in [0.2, 0.25) is 0 Å². The molecular weight excluding hydrogens is 1190 g/mol. The summed E-state index contributed by atoms with van der Waals surface area (Å²) in [6.07, 6.45) is 5.71. The van der Waals surface area contributed by atoms with Gasteiger partial charge in [-0.25, -0.2) is 35.2 Å². The number of carbonyl (C=O) groups excluding carboxylic acids is 4. The lowest BCUT2D eigenvalue weighted by atomic mass is 9.66. The third kappa shape index (κ3) is 12.5. The molecule has 0 aromatic heterocycles. The molecule has 4 bridgehead atoms. The Balaban J connectivity index is 0.000000359. The van der Waals surface area contributed by atoms with E-state index in [1.807, 2.05) is 0 Å². The first-order valence-corrected chi connectivity index (χ1v) is 29.8. The lowest BCUT2D eigenvalue weighted by molar-refractivity contribution is -0.328. The van der Waals surface area contributed by atoms with Gasteiger partial charge < -0.3 is 28.1 Å². The molecule has 24 heteroatoms. The highest BCUT2D eigenvalue weighted by atomic mass is 127. The van der Waals surface area contributed by atoms with E-state index < -0.39 is 113 Å². The Bertz CT molecular complexity index is 2550. The topological polar surface area (TPSA) is 220 Å². The second-order valence-electron chi connectivity index (χ2n) is 21.6. The first kappa shape index (κ1) is 66.6. The normalized spacial score (nSPS) is 26.1. The van der Waals surface area contributed by atoms with E-state index in [0.717, 1.165) is 0 Å². The summed E-state index contributed by atoms with van der Waals surface area (Å²) < 4.78 is 162. The molecule has 6 unspecified atom stereocenters. The predicted octanol–water partition coefficient (Wildman–Crippen LogP) is 6.16. The van der Waals surface area contributed by atoms with Crippen molar-refractivity contribution in [3.05, 3.63) is 63.2 Å². The molecule has 5 aliphatic rings. The number of rotatable bonds is 14. The summed E-state index contributed by atoms with van der Waals surface area (Å²) in [5.41, 5.74) is -4.31. The molecule has 3 aliphatic heterocycles. The van der Waals surface area contributed by atoms with E-state index in [2.05, 4.69) is 128 Å². The Kier molecular flexibility index (Phi) is 21.0. The fraction of sp³-hybridized carbons (Fsp3) is 0.654. The highest BCUT2D eigenvalue weighted by Crippen LogP contribution is 2.67. The maximum absolute atomic E-state index is 13.4. The third-order valence-electron chi connectivity index (χ3n) is 16.4. The maximum Gasteiger partial charge on any atom is 0.368 e. The van der Waals surface area contributed by atoms with Crippen LogP contribution >= 0.6 is 0 Å². The van der Waals surface area contributed by atoms with Crippen molar-refractivity contribution in [2.75, 3.05) is 24.7 Å². The summed E-state index contributed by atoms with van der Waals surface area (Å²) >= 11 is 2.06. The van der Waals surface area contributed by atoms with Crippen molar-refractivity contribution < 1.29 is 114 Å². The van der Waals surface area contributed by atoms with Gasteiger partial charge in [-0.05, 0) is 106 Å². The fourth-order valence-corrected chi connectivity index (χ4v) is 12.9. The third-order valence-corrected chi connectivity index (χ3v) is 21.5. The van der Waals surface area contributed by atoms with E-state index in [1.54, 1.807) is 46.4 Å². The number of ether oxygens (including phenoxy) is 4. The second-order valence-corrected chi connectivity index (χ2v) is 28.1. The number of terminal acetylenes is 1. The molecule has 0 amide bonds. The van der Waals surface area contributed by atoms with Gasteiger partial charge in [0.25, 0.3) is 22.6 Å². The van der Waals surface area contributed by atoms with Crippen molar-refractivity contribution in [1.82, 2.24) is 0 Å². The number of hydrogen-bond donors (Lipinski definition) is 0. The molecule has 0 N–H and O–H groups in total. The highest BCUT2D eigenvalue weighted by molar-refractivity contribution is 7.97. The number of fused-ring (bicyclic) bond motifs is 4. The molecular formula is C52H71F6IO14S3. The minimum atomic E-state index is -6.26. The van der Waals surface area contributed by atoms with E-state index in [4.69, 9.17) is 9.47 Å². The van der Waals surface area contributed by atoms with Crippen LogP contribution in [0.5, 0.6) is 0 Å². The van der Waals surface area contributed by atoms with E-state index in [-0.39, 0.29) is 27.1 Å². The van der Waals surface area contributed by atoms with Crippen LogP contribution in [-0.2, 0) is 74.7 Å². The van der Waals surface area contributed by atoms with E-state index >= 15 is 0 Å². The Labute approximate surface area is 460 Å². The maximum atomic E-state index is 13.4. The molecule has 0 spiro atoms. The zero-order valence-electron chi connectivity index (χ0n) is 44.4. The molecule has 7 rings (SSSR count). The van der Waals surface area contributed by atoms with E-state index in [9.17, 15) is 71.5 Å². The van der Waals surface area contributed by atoms with Gasteiger partial charge in [-0.2, -0.15) is 17.6 Å². The second kappa shape index (κ2) is 24.0. The van der Waals surface area contributed by atoms with Crippen LogP contribution in [-0.4, -0.2) is 109 Å². The Hall–Kier alpha value is -3.64. The first-order chi connectivity index (χ1) is 34.6. The van der Waals surface area contributed by atoms with Gasteiger partial charge >= 0.3 is 34.4 Å². The van der Waals surface area contributed by atoms with Gasteiger partial charge in [-0.3, -0.25) is 9.59 Å². The molecule has 2 aromatic carbocycles. The smallest absolute Gasteiger partial charge is 0.368 e. The minimum Gasteiger partial charge on any atom is -0.743 e. The number of halogens is 7. The van der Waals surface area contributed by atoms with Crippen LogP contribution in [0, 0.1) is 38.1 Å². The summed E-state index contributed by atoms with van der Waals surface area (Å²) in [5.74, 6) is -0.272. The molecule has 2 aromatic rings. The van der Waals surface area contributed by atoms with Crippen LogP contribution in [0.1, 0.15) is 140 Å². The summed E-state index contributed by atoms with van der Waals surface area (Å²) in [5, 5.41) is -10.5. The molecule has 2 aliphatic carbocycles. The summed E-state index contributed by atoms with van der Waals surface area (Å²) in [4.78, 5) is 50.1. The monoisotopic (exact) mass is 1260 g/mol. The SMILES string of the molecule is C#C.CC(C)c1ccc([S+]2CCCC2)cc1.CC12CCC(C(=O)OCC(F)C(F)(F)S(=O)(=O)[O-])(OC1=O)C2(C)C.CC12CCC(C(=O)OCC(F)C(F)(F)S(=O)(=O)[O-])(OC1=O)C2(C)C.CCC(C)(C)c1ccc([IH+])cc1.[HH]. The van der Waals surface area contributed by atoms with Crippen molar-refractivity contribution in [3.63, 3.8) is 0 Å². The molecule has 14 nitrogen and oxygen atoms in total.